The fraction of sp³-hybridized carbons (Fsp3) is 0.500. The van der Waals surface area contributed by atoms with Crippen LogP contribution in [0.5, 0.6) is 5.75 Å². The summed E-state index contributed by atoms with van der Waals surface area (Å²) in [5.74, 6) is 1.15. The van der Waals surface area contributed by atoms with Crippen molar-refractivity contribution in [2.24, 2.45) is 0 Å². The fourth-order valence-corrected chi connectivity index (χ4v) is 1.83. The van der Waals surface area contributed by atoms with Gasteiger partial charge in [-0.1, -0.05) is 26.0 Å². The normalized spacial score (nSPS) is 17.0. The van der Waals surface area contributed by atoms with Gasteiger partial charge in [-0.05, 0) is 24.0 Å². The van der Waals surface area contributed by atoms with Gasteiger partial charge in [0, 0.05) is 0 Å². The molecule has 1 aliphatic rings. The average Bonchev–Trinajstić information content (AvgIpc) is 2.32. The number of hydrogen-bond acceptors (Lipinski definition) is 3. The zero-order valence-electron chi connectivity index (χ0n) is 10.3. The van der Waals surface area contributed by atoms with Crippen molar-refractivity contribution in [2.45, 2.75) is 32.3 Å². The van der Waals surface area contributed by atoms with Crippen LogP contribution in [0.1, 0.15) is 37.3 Å². The third kappa shape index (κ3) is 2.42. The van der Waals surface area contributed by atoms with Crippen LogP contribution in [-0.2, 0) is 4.74 Å². The van der Waals surface area contributed by atoms with Crippen LogP contribution in [0.25, 0.3) is 0 Å². The maximum absolute atomic E-state index is 9.14. The monoisotopic (exact) mass is 231 g/mol. The summed E-state index contributed by atoms with van der Waals surface area (Å²) in [6.07, 6.45) is 1.14. The molecule has 2 rings (SSSR count). The van der Waals surface area contributed by atoms with E-state index < -0.39 is 0 Å². The number of benzene rings is 1. The SMILES string of the molecule is CCC(C)c1cccc(C#N)c1OC1COC1. The summed E-state index contributed by atoms with van der Waals surface area (Å²) in [5.41, 5.74) is 1.74. The van der Waals surface area contributed by atoms with Gasteiger partial charge in [-0.25, -0.2) is 0 Å². The topological polar surface area (TPSA) is 42.2 Å². The lowest BCUT2D eigenvalue weighted by Gasteiger charge is -2.29. The Morgan fingerprint density at radius 1 is 1.53 bits per heavy atom. The van der Waals surface area contributed by atoms with Gasteiger partial charge in [0.25, 0.3) is 0 Å². The average molecular weight is 231 g/mol. The highest BCUT2D eigenvalue weighted by molar-refractivity contribution is 5.50. The van der Waals surface area contributed by atoms with Crippen molar-refractivity contribution >= 4 is 0 Å². The fourth-order valence-electron chi connectivity index (χ4n) is 1.83. The largest absolute Gasteiger partial charge is 0.484 e. The maximum atomic E-state index is 9.14. The smallest absolute Gasteiger partial charge is 0.145 e. The van der Waals surface area contributed by atoms with Crippen molar-refractivity contribution in [3.8, 4) is 11.8 Å². The number of nitrogens with zero attached hydrogens (tertiary/aromatic N) is 1. The van der Waals surface area contributed by atoms with Gasteiger partial charge in [0.2, 0.25) is 0 Å². The lowest BCUT2D eigenvalue weighted by Crippen LogP contribution is -2.39. The second-order valence-electron chi connectivity index (χ2n) is 4.42. The zero-order chi connectivity index (χ0) is 12.3. The zero-order valence-corrected chi connectivity index (χ0v) is 10.3. The van der Waals surface area contributed by atoms with Crippen LogP contribution >= 0.6 is 0 Å². The van der Waals surface area contributed by atoms with E-state index in [-0.39, 0.29) is 6.10 Å². The summed E-state index contributed by atoms with van der Waals surface area (Å²) in [6.45, 7) is 5.54. The molecular weight excluding hydrogens is 214 g/mol. The van der Waals surface area contributed by atoms with Crippen LogP contribution in [0.3, 0.4) is 0 Å². The van der Waals surface area contributed by atoms with Gasteiger partial charge in [-0.15, -0.1) is 0 Å². The molecule has 0 saturated carbocycles. The lowest BCUT2D eigenvalue weighted by atomic mass is 9.95. The minimum atomic E-state index is 0.104. The van der Waals surface area contributed by atoms with E-state index in [1.54, 1.807) is 6.07 Å². The van der Waals surface area contributed by atoms with Gasteiger partial charge < -0.3 is 9.47 Å². The Morgan fingerprint density at radius 2 is 2.29 bits per heavy atom. The number of ether oxygens (including phenoxy) is 2. The quantitative estimate of drug-likeness (QED) is 0.800. The molecule has 0 aromatic heterocycles. The highest BCUT2D eigenvalue weighted by atomic mass is 16.6. The summed E-state index contributed by atoms with van der Waals surface area (Å²) in [7, 11) is 0. The van der Waals surface area contributed by atoms with Crippen LogP contribution in [0, 0.1) is 11.3 Å². The number of hydrogen-bond donors (Lipinski definition) is 0. The number of nitriles is 1. The molecule has 0 amide bonds. The van der Waals surface area contributed by atoms with Crippen LogP contribution in [0.15, 0.2) is 18.2 Å². The third-order valence-corrected chi connectivity index (χ3v) is 3.20. The summed E-state index contributed by atoms with van der Waals surface area (Å²) in [4.78, 5) is 0. The Labute approximate surface area is 102 Å². The van der Waals surface area contributed by atoms with Crippen molar-refractivity contribution in [1.82, 2.24) is 0 Å². The molecule has 0 bridgehead atoms. The lowest BCUT2D eigenvalue weighted by molar-refractivity contribution is -0.0801. The molecule has 1 heterocycles. The van der Waals surface area contributed by atoms with Gasteiger partial charge in [-0.2, -0.15) is 5.26 Å². The van der Waals surface area contributed by atoms with Gasteiger partial charge in [-0.3, -0.25) is 0 Å². The van der Waals surface area contributed by atoms with Gasteiger partial charge in [0.1, 0.15) is 17.9 Å². The van der Waals surface area contributed by atoms with E-state index in [0.29, 0.717) is 24.7 Å². The molecule has 1 aromatic carbocycles. The van der Waals surface area contributed by atoms with Crippen molar-refractivity contribution in [2.75, 3.05) is 13.2 Å². The van der Waals surface area contributed by atoms with E-state index in [4.69, 9.17) is 14.7 Å². The second-order valence-corrected chi connectivity index (χ2v) is 4.42. The molecule has 90 valence electrons. The van der Waals surface area contributed by atoms with Crippen LogP contribution in [0.4, 0.5) is 0 Å². The molecule has 17 heavy (non-hydrogen) atoms. The summed E-state index contributed by atoms with van der Waals surface area (Å²) < 4.78 is 11.0. The van der Waals surface area contributed by atoms with Crippen molar-refractivity contribution in [3.63, 3.8) is 0 Å². The molecule has 0 spiro atoms. The van der Waals surface area contributed by atoms with E-state index in [1.165, 1.54) is 0 Å². The second kappa shape index (κ2) is 5.20. The minimum absolute atomic E-state index is 0.104. The predicted octanol–water partition coefficient (Wildman–Crippen LogP) is 2.85. The van der Waals surface area contributed by atoms with E-state index in [9.17, 15) is 0 Å². The van der Waals surface area contributed by atoms with E-state index >= 15 is 0 Å². The molecule has 0 radical (unpaired) electrons. The molecule has 0 aliphatic carbocycles. The van der Waals surface area contributed by atoms with Crippen molar-refractivity contribution in [1.29, 1.82) is 5.26 Å². The third-order valence-electron chi connectivity index (χ3n) is 3.20. The van der Waals surface area contributed by atoms with E-state index in [2.05, 4.69) is 19.9 Å². The van der Waals surface area contributed by atoms with Crippen molar-refractivity contribution in [3.05, 3.63) is 29.3 Å². The molecule has 3 nitrogen and oxygen atoms in total. The molecule has 1 aromatic rings. The number of rotatable bonds is 4. The molecule has 1 fully saturated rings. The molecule has 0 N–H and O–H groups in total. The van der Waals surface area contributed by atoms with Gasteiger partial charge in [0.15, 0.2) is 0 Å². The van der Waals surface area contributed by atoms with Crippen molar-refractivity contribution < 1.29 is 9.47 Å². The standard InChI is InChI=1S/C14H17NO2/c1-3-10(2)13-6-4-5-11(7-15)14(13)17-12-8-16-9-12/h4-6,10,12H,3,8-9H2,1-2H3. The minimum Gasteiger partial charge on any atom is -0.484 e. The van der Waals surface area contributed by atoms with Crippen LogP contribution in [-0.4, -0.2) is 19.3 Å². The number of para-hydroxylation sites is 1. The van der Waals surface area contributed by atoms with Crippen LogP contribution in [0.2, 0.25) is 0 Å². The Kier molecular flexibility index (Phi) is 3.65. The first-order chi connectivity index (χ1) is 8.26. The highest BCUT2D eigenvalue weighted by Gasteiger charge is 2.24. The first kappa shape index (κ1) is 11.9. The molecule has 1 atom stereocenters. The first-order valence-corrected chi connectivity index (χ1v) is 6.03. The first-order valence-electron chi connectivity index (χ1n) is 6.03. The Morgan fingerprint density at radius 3 is 2.82 bits per heavy atom. The van der Waals surface area contributed by atoms with Gasteiger partial charge >= 0.3 is 0 Å². The summed E-state index contributed by atoms with van der Waals surface area (Å²) in [5, 5.41) is 9.14. The molecular formula is C14H17NO2. The Bertz CT molecular complexity index is 432. The van der Waals surface area contributed by atoms with E-state index in [0.717, 1.165) is 17.7 Å². The Hall–Kier alpha value is -1.53. The van der Waals surface area contributed by atoms with Gasteiger partial charge in [0.05, 0.1) is 18.8 Å². The predicted molar refractivity (Wildman–Crippen MR) is 65.1 cm³/mol. The van der Waals surface area contributed by atoms with Crippen LogP contribution < -0.4 is 4.74 Å². The summed E-state index contributed by atoms with van der Waals surface area (Å²) in [6, 6.07) is 7.98. The molecule has 3 heteroatoms. The molecule has 1 saturated heterocycles. The van der Waals surface area contributed by atoms with E-state index in [1.807, 2.05) is 12.1 Å². The maximum Gasteiger partial charge on any atom is 0.145 e. The Balaban J connectivity index is 2.32. The molecule has 1 unspecified atom stereocenters. The summed E-state index contributed by atoms with van der Waals surface area (Å²) >= 11 is 0. The highest BCUT2D eigenvalue weighted by Crippen LogP contribution is 2.33. The molecule has 1 aliphatic heterocycles.